The van der Waals surface area contributed by atoms with Gasteiger partial charge in [0.15, 0.2) is 0 Å². The van der Waals surface area contributed by atoms with Crippen molar-refractivity contribution in [3.05, 3.63) is 0 Å². The first-order chi connectivity index (χ1) is 10.3. The van der Waals surface area contributed by atoms with Crippen molar-refractivity contribution >= 4 is 5.91 Å². The van der Waals surface area contributed by atoms with Crippen molar-refractivity contribution in [1.29, 1.82) is 0 Å². The Kier molecular flexibility index (Phi) is 12.6. The third-order valence-electron chi connectivity index (χ3n) is 3.50. The maximum absolute atomic E-state index is 12.1. The van der Waals surface area contributed by atoms with Gasteiger partial charge in [-0.3, -0.25) is 9.69 Å². The van der Waals surface area contributed by atoms with E-state index >= 15 is 0 Å². The largest absolute Gasteiger partial charge is 0.383 e. The standard InChI is InChI=1S/C12H22N2O3.2C2H6/c1-16-10-8-13-4-6-14(7-5-13)12(15)11-3-2-9-17-11;2*1-2/h11H,2-10H2,1H3;2*1-2H3. The van der Waals surface area contributed by atoms with Crippen LogP contribution in [0.4, 0.5) is 0 Å². The zero-order valence-corrected chi connectivity index (χ0v) is 14.6. The minimum Gasteiger partial charge on any atom is -0.383 e. The van der Waals surface area contributed by atoms with E-state index in [4.69, 9.17) is 9.47 Å². The number of piperazine rings is 1. The van der Waals surface area contributed by atoms with E-state index < -0.39 is 0 Å². The van der Waals surface area contributed by atoms with Crippen LogP contribution in [0, 0.1) is 0 Å². The predicted molar refractivity (Wildman–Crippen MR) is 86.6 cm³/mol. The Morgan fingerprint density at radius 3 is 2.24 bits per heavy atom. The molecular formula is C16H34N2O3. The highest BCUT2D eigenvalue weighted by Gasteiger charge is 2.30. The molecule has 2 heterocycles. The van der Waals surface area contributed by atoms with Gasteiger partial charge < -0.3 is 14.4 Å². The average Bonchev–Trinajstić information content (AvgIpc) is 3.11. The van der Waals surface area contributed by atoms with Gasteiger partial charge in [0.25, 0.3) is 5.91 Å². The number of carbonyl (C=O) groups is 1. The lowest BCUT2D eigenvalue weighted by Crippen LogP contribution is -2.51. The normalized spacial score (nSPS) is 22.0. The molecule has 0 aliphatic carbocycles. The van der Waals surface area contributed by atoms with Crippen LogP contribution in [0.15, 0.2) is 0 Å². The van der Waals surface area contributed by atoms with E-state index in [1.807, 2.05) is 32.6 Å². The molecule has 21 heavy (non-hydrogen) atoms. The van der Waals surface area contributed by atoms with Crippen LogP contribution in [0.25, 0.3) is 0 Å². The molecule has 2 aliphatic rings. The number of hydrogen-bond donors (Lipinski definition) is 0. The highest BCUT2D eigenvalue weighted by Crippen LogP contribution is 2.15. The molecule has 2 saturated heterocycles. The Balaban J connectivity index is 0.000000921. The maximum Gasteiger partial charge on any atom is 0.251 e. The molecule has 1 unspecified atom stereocenters. The van der Waals surface area contributed by atoms with Gasteiger partial charge in [-0.1, -0.05) is 27.7 Å². The summed E-state index contributed by atoms with van der Waals surface area (Å²) in [6.45, 7) is 14.0. The molecule has 0 spiro atoms. The zero-order valence-electron chi connectivity index (χ0n) is 14.6. The second-order valence-electron chi connectivity index (χ2n) is 4.66. The second-order valence-corrected chi connectivity index (χ2v) is 4.66. The molecule has 5 heteroatoms. The van der Waals surface area contributed by atoms with E-state index in [0.717, 1.165) is 58.8 Å². The molecule has 0 aromatic rings. The Labute approximate surface area is 130 Å². The molecule has 5 nitrogen and oxygen atoms in total. The Morgan fingerprint density at radius 1 is 1.14 bits per heavy atom. The van der Waals surface area contributed by atoms with Crippen molar-refractivity contribution in [2.75, 3.05) is 53.0 Å². The number of ether oxygens (including phenoxy) is 2. The number of amides is 1. The van der Waals surface area contributed by atoms with Crippen molar-refractivity contribution in [3.8, 4) is 0 Å². The Bertz CT molecular complexity index is 248. The minimum absolute atomic E-state index is 0.166. The molecule has 0 bridgehead atoms. The lowest BCUT2D eigenvalue weighted by atomic mass is 10.2. The van der Waals surface area contributed by atoms with Crippen LogP contribution in [0.1, 0.15) is 40.5 Å². The average molecular weight is 302 g/mol. The van der Waals surface area contributed by atoms with Gasteiger partial charge in [0.2, 0.25) is 0 Å². The van der Waals surface area contributed by atoms with E-state index in [2.05, 4.69) is 4.90 Å². The Hall–Kier alpha value is -0.650. The van der Waals surface area contributed by atoms with Gasteiger partial charge >= 0.3 is 0 Å². The molecule has 2 rings (SSSR count). The first kappa shape index (κ1) is 20.3. The summed E-state index contributed by atoms with van der Waals surface area (Å²) >= 11 is 0. The van der Waals surface area contributed by atoms with Crippen LogP contribution in [-0.4, -0.2) is 74.9 Å². The highest BCUT2D eigenvalue weighted by molar-refractivity contribution is 5.81. The van der Waals surface area contributed by atoms with E-state index in [0.29, 0.717) is 0 Å². The number of hydrogen-bond acceptors (Lipinski definition) is 4. The molecule has 0 N–H and O–H groups in total. The second kappa shape index (κ2) is 13.0. The van der Waals surface area contributed by atoms with Gasteiger partial charge in [-0.05, 0) is 12.8 Å². The van der Waals surface area contributed by atoms with Crippen molar-refractivity contribution in [3.63, 3.8) is 0 Å². The third kappa shape index (κ3) is 7.25. The summed E-state index contributed by atoms with van der Waals surface area (Å²) in [5.41, 5.74) is 0. The molecule has 0 radical (unpaired) electrons. The van der Waals surface area contributed by atoms with E-state index in [9.17, 15) is 4.79 Å². The van der Waals surface area contributed by atoms with E-state index in [1.165, 1.54) is 0 Å². The van der Waals surface area contributed by atoms with Gasteiger partial charge in [-0.25, -0.2) is 0 Å². The van der Waals surface area contributed by atoms with Crippen LogP contribution in [0.2, 0.25) is 0 Å². The van der Waals surface area contributed by atoms with Crippen LogP contribution in [0.3, 0.4) is 0 Å². The molecule has 0 saturated carbocycles. The topological polar surface area (TPSA) is 42.0 Å². The summed E-state index contributed by atoms with van der Waals surface area (Å²) in [6.07, 6.45) is 1.74. The smallest absolute Gasteiger partial charge is 0.251 e. The quantitative estimate of drug-likeness (QED) is 0.796. The van der Waals surface area contributed by atoms with Gasteiger partial charge in [0.05, 0.1) is 6.61 Å². The fourth-order valence-corrected chi connectivity index (χ4v) is 2.39. The molecule has 0 aromatic heterocycles. The van der Waals surface area contributed by atoms with Crippen molar-refractivity contribution in [1.82, 2.24) is 9.80 Å². The lowest BCUT2D eigenvalue weighted by molar-refractivity contribution is -0.142. The summed E-state index contributed by atoms with van der Waals surface area (Å²) < 4.78 is 10.5. The molecule has 126 valence electrons. The molecule has 1 amide bonds. The summed E-state index contributed by atoms with van der Waals surface area (Å²) in [4.78, 5) is 16.4. The summed E-state index contributed by atoms with van der Waals surface area (Å²) in [5.74, 6) is 0.189. The predicted octanol–water partition coefficient (Wildman–Crippen LogP) is 2.01. The maximum atomic E-state index is 12.1. The van der Waals surface area contributed by atoms with Crippen LogP contribution < -0.4 is 0 Å². The molecule has 1 atom stereocenters. The summed E-state index contributed by atoms with van der Waals surface area (Å²) in [7, 11) is 1.72. The number of methoxy groups -OCH3 is 1. The first-order valence-corrected chi connectivity index (χ1v) is 8.43. The fraction of sp³-hybridized carbons (Fsp3) is 0.938. The molecular weight excluding hydrogens is 268 g/mol. The van der Waals surface area contributed by atoms with Crippen LogP contribution in [-0.2, 0) is 14.3 Å². The number of rotatable bonds is 4. The third-order valence-corrected chi connectivity index (χ3v) is 3.50. The fourth-order valence-electron chi connectivity index (χ4n) is 2.39. The van der Waals surface area contributed by atoms with E-state index in [-0.39, 0.29) is 12.0 Å². The van der Waals surface area contributed by atoms with Crippen LogP contribution >= 0.6 is 0 Å². The minimum atomic E-state index is -0.166. The lowest BCUT2D eigenvalue weighted by Gasteiger charge is -2.35. The van der Waals surface area contributed by atoms with Crippen LogP contribution in [0.5, 0.6) is 0 Å². The summed E-state index contributed by atoms with van der Waals surface area (Å²) in [6, 6.07) is 0. The molecule has 0 aromatic carbocycles. The summed E-state index contributed by atoms with van der Waals surface area (Å²) in [5, 5.41) is 0. The van der Waals surface area contributed by atoms with Crippen molar-refractivity contribution < 1.29 is 14.3 Å². The van der Waals surface area contributed by atoms with Crippen molar-refractivity contribution in [2.45, 2.75) is 46.6 Å². The van der Waals surface area contributed by atoms with Gasteiger partial charge in [-0.2, -0.15) is 0 Å². The van der Waals surface area contributed by atoms with Gasteiger partial charge in [0, 0.05) is 46.4 Å². The van der Waals surface area contributed by atoms with Gasteiger partial charge in [0.1, 0.15) is 6.10 Å². The first-order valence-electron chi connectivity index (χ1n) is 8.43. The Morgan fingerprint density at radius 2 is 1.76 bits per heavy atom. The van der Waals surface area contributed by atoms with E-state index in [1.54, 1.807) is 7.11 Å². The molecule has 2 fully saturated rings. The van der Waals surface area contributed by atoms with Gasteiger partial charge in [-0.15, -0.1) is 0 Å². The SMILES string of the molecule is CC.CC.COCCN1CCN(C(=O)C2CCCO2)CC1. The number of carbonyl (C=O) groups excluding carboxylic acids is 1. The zero-order chi connectivity index (χ0) is 16.1. The number of nitrogens with zero attached hydrogens (tertiary/aromatic N) is 2. The highest BCUT2D eigenvalue weighted by atomic mass is 16.5. The molecule has 2 aliphatic heterocycles. The van der Waals surface area contributed by atoms with Crippen molar-refractivity contribution in [2.24, 2.45) is 0 Å². The monoisotopic (exact) mass is 302 g/mol.